The molecule has 2 aromatic heterocycles. The summed E-state index contributed by atoms with van der Waals surface area (Å²) in [4.78, 5) is 6.62. The summed E-state index contributed by atoms with van der Waals surface area (Å²) in [6.07, 6.45) is 7.48. The fourth-order valence-electron chi connectivity index (χ4n) is 3.15. The number of pyridine rings is 1. The summed E-state index contributed by atoms with van der Waals surface area (Å²) >= 11 is 0. The lowest BCUT2D eigenvalue weighted by molar-refractivity contribution is 0.273. The molecule has 1 fully saturated rings. The van der Waals surface area contributed by atoms with E-state index in [1.54, 1.807) is 23.7 Å². The van der Waals surface area contributed by atoms with Crippen molar-refractivity contribution in [3.05, 3.63) is 42.5 Å². The van der Waals surface area contributed by atoms with Gasteiger partial charge in [0.25, 0.3) is 0 Å². The number of hydrogen-bond acceptors (Lipinski definition) is 5. The van der Waals surface area contributed by atoms with E-state index in [4.69, 9.17) is 0 Å². The number of aryl methyl sites for hydroxylation is 1. The van der Waals surface area contributed by atoms with Crippen molar-refractivity contribution in [2.45, 2.75) is 17.9 Å². The lowest BCUT2D eigenvalue weighted by Crippen LogP contribution is -2.31. The van der Waals surface area contributed by atoms with E-state index >= 15 is 0 Å². The van der Waals surface area contributed by atoms with Gasteiger partial charge in [-0.15, -0.1) is 0 Å². The molecule has 1 saturated heterocycles. The summed E-state index contributed by atoms with van der Waals surface area (Å²) in [5.41, 5.74) is 1.16. The van der Waals surface area contributed by atoms with E-state index in [0.717, 1.165) is 25.1 Å². The monoisotopic (exact) mass is 349 g/mol. The summed E-state index contributed by atoms with van der Waals surface area (Å²) in [5, 5.41) is 3.97. The Bertz CT molecular complexity index is 775. The number of aromatic nitrogens is 3. The third kappa shape index (κ3) is 3.82. The summed E-state index contributed by atoms with van der Waals surface area (Å²) in [6, 6.07) is 3.98. The second kappa shape index (κ2) is 7.00. The Morgan fingerprint density at radius 2 is 2.21 bits per heavy atom. The van der Waals surface area contributed by atoms with Crippen molar-refractivity contribution in [2.75, 3.05) is 26.7 Å². The Morgan fingerprint density at radius 3 is 2.88 bits per heavy atom. The van der Waals surface area contributed by atoms with E-state index < -0.39 is 10.0 Å². The van der Waals surface area contributed by atoms with Crippen LogP contribution in [0.15, 0.2) is 41.8 Å². The van der Waals surface area contributed by atoms with E-state index in [2.05, 4.69) is 28.1 Å². The van der Waals surface area contributed by atoms with Crippen LogP contribution in [0.2, 0.25) is 0 Å². The number of rotatable bonds is 6. The first-order chi connectivity index (χ1) is 11.4. The average molecular weight is 349 g/mol. The Morgan fingerprint density at radius 1 is 1.38 bits per heavy atom. The van der Waals surface area contributed by atoms with Gasteiger partial charge in [-0.25, -0.2) is 8.42 Å². The maximum absolute atomic E-state index is 12.6. The van der Waals surface area contributed by atoms with Gasteiger partial charge in [-0.05, 0) is 31.0 Å². The number of hydrogen-bond donors (Lipinski definition) is 0. The van der Waals surface area contributed by atoms with Gasteiger partial charge in [-0.1, -0.05) is 6.07 Å². The molecule has 0 spiro atoms. The highest BCUT2D eigenvalue weighted by atomic mass is 32.2. The highest BCUT2D eigenvalue weighted by Crippen LogP contribution is 2.24. The molecular weight excluding hydrogens is 326 g/mol. The van der Waals surface area contributed by atoms with Crippen LogP contribution in [-0.4, -0.2) is 59.1 Å². The largest absolute Gasteiger partial charge is 0.302 e. The second-order valence-electron chi connectivity index (χ2n) is 6.43. The fraction of sp³-hybridized carbons (Fsp3) is 0.500. The van der Waals surface area contributed by atoms with Gasteiger partial charge in [0.15, 0.2) is 0 Å². The first-order valence-corrected chi connectivity index (χ1v) is 9.45. The van der Waals surface area contributed by atoms with Crippen LogP contribution >= 0.6 is 0 Å². The molecule has 0 saturated carbocycles. The molecule has 7 nitrogen and oxygen atoms in total. The highest BCUT2D eigenvalue weighted by Gasteiger charge is 2.33. The standard InChI is InChI=1S/C16H23N5O2S/c1-19(10-14-4-3-6-17-8-14)11-15-5-7-21(12-15)24(22,23)16-9-18-20(2)13-16/h3-4,6,8-9,13,15H,5,7,10-12H2,1-2H3. The molecule has 0 bridgehead atoms. The molecule has 0 radical (unpaired) electrons. The van der Waals surface area contributed by atoms with E-state index in [0.29, 0.717) is 19.0 Å². The van der Waals surface area contributed by atoms with Crippen LogP contribution in [0.3, 0.4) is 0 Å². The van der Waals surface area contributed by atoms with Crippen LogP contribution in [0.1, 0.15) is 12.0 Å². The van der Waals surface area contributed by atoms with Crippen molar-refractivity contribution < 1.29 is 8.42 Å². The first-order valence-electron chi connectivity index (χ1n) is 8.01. The van der Waals surface area contributed by atoms with Gasteiger partial charge >= 0.3 is 0 Å². The predicted octanol–water partition coefficient (Wildman–Crippen LogP) is 0.958. The van der Waals surface area contributed by atoms with Crippen LogP contribution in [0.5, 0.6) is 0 Å². The molecule has 1 unspecified atom stereocenters. The van der Waals surface area contributed by atoms with Crippen LogP contribution in [0, 0.1) is 5.92 Å². The van der Waals surface area contributed by atoms with Crippen LogP contribution in [0.4, 0.5) is 0 Å². The molecule has 1 aliphatic heterocycles. The van der Waals surface area contributed by atoms with E-state index in [-0.39, 0.29) is 4.90 Å². The molecule has 8 heteroatoms. The SMILES string of the molecule is CN(Cc1cccnc1)CC1CCN(S(=O)(=O)c2cnn(C)c2)C1. The molecule has 0 aliphatic carbocycles. The molecule has 24 heavy (non-hydrogen) atoms. The van der Waals surface area contributed by atoms with Gasteiger partial charge in [-0.2, -0.15) is 9.40 Å². The zero-order valence-corrected chi connectivity index (χ0v) is 14.9. The maximum Gasteiger partial charge on any atom is 0.246 e. The predicted molar refractivity (Wildman–Crippen MR) is 90.6 cm³/mol. The molecule has 0 N–H and O–H groups in total. The van der Waals surface area contributed by atoms with Crippen molar-refractivity contribution in [2.24, 2.45) is 13.0 Å². The third-order valence-electron chi connectivity index (χ3n) is 4.31. The molecule has 3 heterocycles. The molecule has 130 valence electrons. The summed E-state index contributed by atoms with van der Waals surface area (Å²) in [6.45, 7) is 2.82. The van der Waals surface area contributed by atoms with Crippen molar-refractivity contribution >= 4 is 10.0 Å². The minimum Gasteiger partial charge on any atom is -0.302 e. The Kier molecular flexibility index (Phi) is 4.98. The minimum atomic E-state index is -3.42. The summed E-state index contributed by atoms with van der Waals surface area (Å²) in [7, 11) is 0.358. The molecule has 3 rings (SSSR count). The van der Waals surface area contributed by atoms with Gasteiger partial charge in [0.2, 0.25) is 10.0 Å². The van der Waals surface area contributed by atoms with Gasteiger partial charge in [0.05, 0.1) is 6.20 Å². The number of nitrogens with zero attached hydrogens (tertiary/aromatic N) is 5. The number of sulfonamides is 1. The minimum absolute atomic E-state index is 0.273. The molecule has 0 amide bonds. The summed E-state index contributed by atoms with van der Waals surface area (Å²) in [5.74, 6) is 0.345. The van der Waals surface area contributed by atoms with Gasteiger partial charge < -0.3 is 4.90 Å². The van der Waals surface area contributed by atoms with E-state index in [1.807, 2.05) is 12.3 Å². The first kappa shape index (κ1) is 17.1. The maximum atomic E-state index is 12.6. The molecule has 0 aromatic carbocycles. The van der Waals surface area contributed by atoms with Crippen molar-refractivity contribution in [3.63, 3.8) is 0 Å². The average Bonchev–Trinajstić information content (AvgIpc) is 3.18. The summed E-state index contributed by atoms with van der Waals surface area (Å²) < 4.78 is 28.3. The Balaban J connectivity index is 1.57. The van der Waals surface area contributed by atoms with Gasteiger partial charge in [0.1, 0.15) is 4.90 Å². The molecular formula is C16H23N5O2S. The van der Waals surface area contributed by atoms with Crippen molar-refractivity contribution in [3.8, 4) is 0 Å². The molecule has 2 aromatic rings. The molecule has 1 aliphatic rings. The van der Waals surface area contributed by atoms with Crippen molar-refractivity contribution in [1.82, 2.24) is 24.0 Å². The Hall–Kier alpha value is -1.77. The van der Waals surface area contributed by atoms with Gasteiger partial charge in [0, 0.05) is 51.8 Å². The third-order valence-corrected chi connectivity index (χ3v) is 6.13. The zero-order chi connectivity index (χ0) is 17.2. The Labute approximate surface area is 143 Å². The lowest BCUT2D eigenvalue weighted by Gasteiger charge is -2.21. The normalized spacial score (nSPS) is 19.2. The molecule has 1 atom stereocenters. The quantitative estimate of drug-likeness (QED) is 0.777. The highest BCUT2D eigenvalue weighted by molar-refractivity contribution is 7.89. The lowest BCUT2D eigenvalue weighted by atomic mass is 10.1. The van der Waals surface area contributed by atoms with E-state index in [9.17, 15) is 8.42 Å². The van der Waals surface area contributed by atoms with E-state index in [1.165, 1.54) is 10.9 Å². The zero-order valence-electron chi connectivity index (χ0n) is 14.0. The van der Waals surface area contributed by atoms with Crippen molar-refractivity contribution in [1.29, 1.82) is 0 Å². The second-order valence-corrected chi connectivity index (χ2v) is 8.36. The van der Waals surface area contributed by atoms with Gasteiger partial charge in [-0.3, -0.25) is 9.67 Å². The fourth-order valence-corrected chi connectivity index (χ4v) is 4.67. The van der Waals surface area contributed by atoms with Crippen LogP contribution < -0.4 is 0 Å². The smallest absolute Gasteiger partial charge is 0.246 e. The van der Waals surface area contributed by atoms with Crippen LogP contribution in [-0.2, 0) is 23.6 Å². The topological polar surface area (TPSA) is 71.3 Å². The van der Waals surface area contributed by atoms with Crippen LogP contribution in [0.25, 0.3) is 0 Å².